The number of nitrogens with zero attached hydrogens (tertiary/aromatic N) is 4. The second-order valence-electron chi connectivity index (χ2n) is 6.26. The molecule has 1 saturated carbocycles. The molecule has 130 valence electrons. The fourth-order valence-electron chi connectivity index (χ4n) is 3.27. The SMILES string of the molecule is Oc1cc(Cl)ccc1-c1nnc(N[C@@H]2CCCC[C@H]2O)c2nccn12. The quantitative estimate of drug-likeness (QED) is 0.665. The number of phenols is 1. The molecule has 4 rings (SSSR count). The predicted octanol–water partition coefficient (Wildman–Crippen LogP) is 2.87. The molecule has 2 heterocycles. The van der Waals surface area contributed by atoms with Crippen molar-refractivity contribution in [3.63, 3.8) is 0 Å². The normalized spacial score (nSPS) is 20.7. The maximum atomic E-state index is 10.2. The van der Waals surface area contributed by atoms with E-state index in [1.54, 1.807) is 28.9 Å². The van der Waals surface area contributed by atoms with Crippen LogP contribution in [0.25, 0.3) is 17.0 Å². The van der Waals surface area contributed by atoms with E-state index in [9.17, 15) is 10.2 Å². The van der Waals surface area contributed by atoms with Gasteiger partial charge in [-0.1, -0.05) is 24.4 Å². The van der Waals surface area contributed by atoms with Gasteiger partial charge in [-0.25, -0.2) is 4.98 Å². The van der Waals surface area contributed by atoms with Gasteiger partial charge in [0.15, 0.2) is 17.3 Å². The van der Waals surface area contributed by atoms with E-state index in [2.05, 4.69) is 20.5 Å². The lowest BCUT2D eigenvalue weighted by Gasteiger charge is -2.28. The van der Waals surface area contributed by atoms with E-state index in [0.29, 0.717) is 27.9 Å². The number of imidazole rings is 1. The van der Waals surface area contributed by atoms with Crippen molar-refractivity contribution in [3.05, 3.63) is 35.6 Å². The summed E-state index contributed by atoms with van der Waals surface area (Å²) in [7, 11) is 0. The summed E-state index contributed by atoms with van der Waals surface area (Å²) in [4.78, 5) is 4.35. The number of halogens is 1. The molecule has 0 spiro atoms. The maximum Gasteiger partial charge on any atom is 0.192 e. The van der Waals surface area contributed by atoms with Crippen LogP contribution in [0, 0.1) is 0 Å². The van der Waals surface area contributed by atoms with Crippen molar-refractivity contribution in [1.29, 1.82) is 0 Å². The Morgan fingerprint density at radius 2 is 2.04 bits per heavy atom. The Balaban J connectivity index is 1.74. The molecule has 0 saturated heterocycles. The molecule has 1 aliphatic carbocycles. The molecule has 0 radical (unpaired) electrons. The number of aliphatic hydroxyl groups is 1. The summed E-state index contributed by atoms with van der Waals surface area (Å²) in [5, 5.41) is 32.6. The first-order valence-corrected chi connectivity index (χ1v) is 8.64. The smallest absolute Gasteiger partial charge is 0.192 e. The Labute approximate surface area is 149 Å². The minimum absolute atomic E-state index is 0.0280. The zero-order valence-electron chi connectivity index (χ0n) is 13.4. The minimum Gasteiger partial charge on any atom is -0.507 e. The van der Waals surface area contributed by atoms with Crippen molar-refractivity contribution < 1.29 is 10.2 Å². The predicted molar refractivity (Wildman–Crippen MR) is 94.8 cm³/mol. The lowest BCUT2D eigenvalue weighted by atomic mass is 9.93. The third kappa shape index (κ3) is 3.01. The van der Waals surface area contributed by atoms with E-state index in [4.69, 9.17) is 11.6 Å². The first kappa shape index (κ1) is 16.1. The van der Waals surface area contributed by atoms with Crippen LogP contribution in [-0.4, -0.2) is 41.9 Å². The number of rotatable bonds is 3. The van der Waals surface area contributed by atoms with Gasteiger partial charge in [0.05, 0.1) is 17.7 Å². The van der Waals surface area contributed by atoms with E-state index in [-0.39, 0.29) is 11.8 Å². The van der Waals surface area contributed by atoms with Gasteiger partial charge in [0.25, 0.3) is 0 Å². The van der Waals surface area contributed by atoms with Gasteiger partial charge in [-0.15, -0.1) is 10.2 Å². The van der Waals surface area contributed by atoms with Crippen LogP contribution >= 0.6 is 11.6 Å². The van der Waals surface area contributed by atoms with Gasteiger partial charge in [0.2, 0.25) is 0 Å². The van der Waals surface area contributed by atoms with E-state index < -0.39 is 6.10 Å². The molecule has 1 aromatic carbocycles. The second kappa shape index (κ2) is 6.50. The van der Waals surface area contributed by atoms with Gasteiger partial charge in [-0.3, -0.25) is 4.40 Å². The maximum absolute atomic E-state index is 10.2. The Morgan fingerprint density at radius 3 is 2.84 bits per heavy atom. The van der Waals surface area contributed by atoms with Crippen molar-refractivity contribution in [1.82, 2.24) is 19.6 Å². The minimum atomic E-state index is -0.398. The first-order chi connectivity index (χ1) is 12.1. The van der Waals surface area contributed by atoms with Gasteiger partial charge in [-0.2, -0.15) is 0 Å². The summed E-state index contributed by atoms with van der Waals surface area (Å²) in [5.41, 5.74) is 1.11. The molecule has 1 aliphatic rings. The van der Waals surface area contributed by atoms with Crippen LogP contribution < -0.4 is 5.32 Å². The van der Waals surface area contributed by atoms with Crippen LogP contribution in [0.15, 0.2) is 30.6 Å². The number of hydrogen-bond acceptors (Lipinski definition) is 6. The van der Waals surface area contributed by atoms with Gasteiger partial charge < -0.3 is 15.5 Å². The molecule has 2 atom stereocenters. The molecule has 25 heavy (non-hydrogen) atoms. The number of aromatic nitrogens is 4. The standard InChI is InChI=1S/C17H18ClN5O2/c18-10-5-6-11(14(25)9-10)16-22-21-15(17-19-7-8-23(16)17)20-12-3-1-2-4-13(12)24/h5-9,12-13,24-25H,1-4H2,(H,20,21)/t12-,13-/m1/s1. The van der Waals surface area contributed by atoms with E-state index >= 15 is 0 Å². The Bertz CT molecular complexity index is 913. The fourth-order valence-corrected chi connectivity index (χ4v) is 3.43. The summed E-state index contributed by atoms with van der Waals surface area (Å²) in [6, 6.07) is 4.79. The molecule has 0 amide bonds. The fraction of sp³-hybridized carbons (Fsp3) is 0.353. The number of nitrogens with one attached hydrogen (secondary N) is 1. The van der Waals surface area contributed by atoms with Crippen LogP contribution in [0.3, 0.4) is 0 Å². The number of aromatic hydroxyl groups is 1. The van der Waals surface area contributed by atoms with Crippen LogP contribution in [0.4, 0.5) is 5.82 Å². The molecule has 0 bridgehead atoms. The lowest BCUT2D eigenvalue weighted by molar-refractivity contribution is 0.116. The lowest BCUT2D eigenvalue weighted by Crippen LogP contribution is -2.36. The number of anilines is 1. The number of phenolic OH excluding ortho intramolecular Hbond substituents is 1. The molecule has 7 nitrogen and oxygen atoms in total. The molecule has 0 aliphatic heterocycles. The summed E-state index contributed by atoms with van der Waals surface area (Å²) < 4.78 is 1.76. The molecule has 2 aromatic heterocycles. The third-order valence-electron chi connectivity index (χ3n) is 4.58. The molecule has 1 fully saturated rings. The molecule has 3 N–H and O–H groups in total. The van der Waals surface area contributed by atoms with E-state index in [0.717, 1.165) is 25.7 Å². The van der Waals surface area contributed by atoms with E-state index in [1.165, 1.54) is 6.07 Å². The van der Waals surface area contributed by atoms with Gasteiger partial charge in [0.1, 0.15) is 5.75 Å². The highest BCUT2D eigenvalue weighted by Gasteiger charge is 2.25. The second-order valence-corrected chi connectivity index (χ2v) is 6.69. The van der Waals surface area contributed by atoms with Gasteiger partial charge in [-0.05, 0) is 31.0 Å². The zero-order valence-corrected chi connectivity index (χ0v) is 14.2. The van der Waals surface area contributed by atoms with Crippen molar-refractivity contribution >= 4 is 23.1 Å². The largest absolute Gasteiger partial charge is 0.507 e. The topological polar surface area (TPSA) is 95.6 Å². The average Bonchev–Trinajstić information content (AvgIpc) is 3.08. The molecule has 8 heteroatoms. The van der Waals surface area contributed by atoms with Crippen molar-refractivity contribution in [2.45, 2.75) is 37.8 Å². The van der Waals surface area contributed by atoms with Crippen LogP contribution in [0.2, 0.25) is 5.02 Å². The number of hydrogen-bond donors (Lipinski definition) is 3. The molecular formula is C17H18ClN5O2. The molecule has 0 unspecified atom stereocenters. The van der Waals surface area contributed by atoms with Crippen LogP contribution in [-0.2, 0) is 0 Å². The number of fused-ring (bicyclic) bond motifs is 1. The summed E-state index contributed by atoms with van der Waals surface area (Å²) in [5.74, 6) is 1.02. The highest BCUT2D eigenvalue weighted by Crippen LogP contribution is 2.31. The van der Waals surface area contributed by atoms with Gasteiger partial charge >= 0.3 is 0 Å². The molecular weight excluding hydrogens is 342 g/mol. The van der Waals surface area contributed by atoms with Crippen LogP contribution in [0.1, 0.15) is 25.7 Å². The summed E-state index contributed by atoms with van der Waals surface area (Å²) in [6.07, 6.45) is 6.79. The highest BCUT2D eigenvalue weighted by molar-refractivity contribution is 6.30. The van der Waals surface area contributed by atoms with Crippen molar-refractivity contribution in [2.75, 3.05) is 5.32 Å². The first-order valence-electron chi connectivity index (χ1n) is 8.27. The summed E-state index contributed by atoms with van der Waals surface area (Å²) in [6.45, 7) is 0. The Kier molecular flexibility index (Phi) is 4.19. The average molecular weight is 360 g/mol. The highest BCUT2D eigenvalue weighted by atomic mass is 35.5. The van der Waals surface area contributed by atoms with Crippen LogP contribution in [0.5, 0.6) is 5.75 Å². The van der Waals surface area contributed by atoms with E-state index in [1.807, 2.05) is 0 Å². The Morgan fingerprint density at radius 1 is 1.20 bits per heavy atom. The van der Waals surface area contributed by atoms with Gasteiger partial charge in [0, 0.05) is 17.4 Å². The van der Waals surface area contributed by atoms with Crippen molar-refractivity contribution in [3.8, 4) is 17.1 Å². The number of benzene rings is 1. The summed E-state index contributed by atoms with van der Waals surface area (Å²) >= 11 is 5.90. The number of aliphatic hydroxyl groups excluding tert-OH is 1. The third-order valence-corrected chi connectivity index (χ3v) is 4.81. The zero-order chi connectivity index (χ0) is 17.4. The van der Waals surface area contributed by atoms with Crippen molar-refractivity contribution in [2.24, 2.45) is 0 Å². The molecule has 3 aromatic rings. The monoisotopic (exact) mass is 359 g/mol. The Hall–Kier alpha value is -2.38.